The molecule has 0 amide bonds. The Kier molecular flexibility index (Phi) is 14.5. The van der Waals surface area contributed by atoms with Gasteiger partial charge in [-0.2, -0.15) is 31.3 Å². The molecule has 0 saturated heterocycles. The number of carboxylic acid groups (broad SMARTS) is 2. The van der Waals surface area contributed by atoms with E-state index >= 15 is 0 Å². The standard InChI is InChI=1S/C26H31BrF3N5O.2C2HF3O2/c1-25(2,3)35-23-20-6-4-5-7-21(20)33-24(34-23)32-19-12-10-18(11-13-19)31-15-16-8-9-17(27)14-22(16)36-26(28,29)30;2*3-2(4,5)1(6)7/h4-9,14,18-19,31H,10-13,15H2,1-3H3,(H2,32,33,34,35);2*(H,6,7)/t18-,19+;;. The van der Waals surface area contributed by atoms with Gasteiger partial charge < -0.3 is 30.9 Å². The number of nitrogens with one attached hydrogen (secondary N) is 3. The van der Waals surface area contributed by atoms with Crippen LogP contribution in [0.1, 0.15) is 52.0 Å². The number of hydrogen-bond donors (Lipinski definition) is 5. The van der Waals surface area contributed by atoms with E-state index in [4.69, 9.17) is 29.8 Å². The molecular formula is C30H33BrF9N5O5. The summed E-state index contributed by atoms with van der Waals surface area (Å²) in [6.45, 7) is 6.59. The summed E-state index contributed by atoms with van der Waals surface area (Å²) < 4.78 is 107. The van der Waals surface area contributed by atoms with Gasteiger partial charge >= 0.3 is 30.7 Å². The lowest BCUT2D eigenvalue weighted by Gasteiger charge is -2.30. The molecule has 50 heavy (non-hydrogen) atoms. The van der Waals surface area contributed by atoms with E-state index in [1.807, 2.05) is 24.3 Å². The van der Waals surface area contributed by atoms with Crippen LogP contribution in [0.4, 0.5) is 51.3 Å². The number of anilines is 2. The lowest BCUT2D eigenvalue weighted by molar-refractivity contribution is -0.275. The van der Waals surface area contributed by atoms with E-state index < -0.39 is 30.7 Å². The van der Waals surface area contributed by atoms with Crippen molar-refractivity contribution in [3.63, 3.8) is 0 Å². The van der Waals surface area contributed by atoms with E-state index in [9.17, 15) is 39.5 Å². The fourth-order valence-electron chi connectivity index (χ4n) is 4.36. The summed E-state index contributed by atoms with van der Waals surface area (Å²) in [6, 6.07) is 13.1. The molecule has 20 heteroatoms. The van der Waals surface area contributed by atoms with E-state index in [0.29, 0.717) is 22.5 Å². The molecule has 4 rings (SSSR count). The first-order valence-corrected chi connectivity index (χ1v) is 15.3. The van der Waals surface area contributed by atoms with Crippen molar-refractivity contribution < 1.29 is 64.1 Å². The number of aliphatic carboxylic acids is 2. The predicted octanol–water partition coefficient (Wildman–Crippen LogP) is 8.28. The summed E-state index contributed by atoms with van der Waals surface area (Å²) in [6.07, 6.45) is -11.3. The van der Waals surface area contributed by atoms with Gasteiger partial charge in [-0.15, -0.1) is 13.2 Å². The van der Waals surface area contributed by atoms with Gasteiger partial charge in [-0.05, 0) is 70.7 Å². The maximum absolute atomic E-state index is 12.8. The van der Waals surface area contributed by atoms with Crippen LogP contribution in [-0.4, -0.2) is 68.5 Å². The number of nitrogens with zero attached hydrogens (tertiary/aromatic N) is 2. The van der Waals surface area contributed by atoms with Crippen LogP contribution in [-0.2, 0) is 16.1 Å². The number of carboxylic acids is 2. The molecule has 2 aromatic carbocycles. The minimum atomic E-state index is -5.08. The molecule has 1 aliphatic rings. The summed E-state index contributed by atoms with van der Waals surface area (Å²) in [5.41, 5.74) is 1.21. The van der Waals surface area contributed by atoms with Crippen molar-refractivity contribution in [1.29, 1.82) is 0 Å². The van der Waals surface area contributed by atoms with Gasteiger partial charge in [0.1, 0.15) is 11.6 Å². The minimum Gasteiger partial charge on any atom is -0.475 e. The number of para-hydroxylation sites is 1. The molecule has 0 bridgehead atoms. The topological polar surface area (TPSA) is 146 Å². The monoisotopic (exact) mass is 793 g/mol. The average molecular weight is 795 g/mol. The van der Waals surface area contributed by atoms with Crippen LogP contribution in [0, 0.1) is 0 Å². The van der Waals surface area contributed by atoms with Gasteiger partial charge in [0.25, 0.3) is 0 Å². The number of benzene rings is 2. The zero-order valence-electron chi connectivity index (χ0n) is 26.5. The molecule has 1 saturated carbocycles. The molecule has 0 spiro atoms. The lowest BCUT2D eigenvalue weighted by atomic mass is 9.91. The maximum Gasteiger partial charge on any atom is 0.573 e. The number of aromatic nitrogens is 2. The smallest absolute Gasteiger partial charge is 0.475 e. The molecule has 1 heterocycles. The summed E-state index contributed by atoms with van der Waals surface area (Å²) in [4.78, 5) is 27.3. The number of hydrogen-bond acceptors (Lipinski definition) is 8. The highest BCUT2D eigenvalue weighted by molar-refractivity contribution is 9.10. The number of carbonyl (C=O) groups is 2. The van der Waals surface area contributed by atoms with Gasteiger partial charge in [-0.1, -0.05) is 34.1 Å². The van der Waals surface area contributed by atoms with E-state index in [-0.39, 0.29) is 23.4 Å². The number of alkyl halides is 9. The van der Waals surface area contributed by atoms with Gasteiger partial charge in [0.05, 0.1) is 5.52 Å². The van der Waals surface area contributed by atoms with Gasteiger partial charge in [0.2, 0.25) is 5.95 Å². The molecule has 1 aliphatic carbocycles. The lowest BCUT2D eigenvalue weighted by Crippen LogP contribution is -2.37. The molecule has 3 aromatic rings. The van der Waals surface area contributed by atoms with Gasteiger partial charge in [0, 0.05) is 39.6 Å². The highest BCUT2D eigenvalue weighted by atomic mass is 79.9. The van der Waals surface area contributed by atoms with Crippen molar-refractivity contribution in [1.82, 2.24) is 15.3 Å². The van der Waals surface area contributed by atoms with Crippen molar-refractivity contribution in [3.8, 4) is 5.75 Å². The van der Waals surface area contributed by atoms with Crippen LogP contribution in [0.25, 0.3) is 10.9 Å². The first kappa shape index (κ1) is 42.1. The van der Waals surface area contributed by atoms with Crippen LogP contribution in [0.2, 0.25) is 0 Å². The summed E-state index contributed by atoms with van der Waals surface area (Å²) in [5, 5.41) is 25.6. The van der Waals surface area contributed by atoms with Crippen molar-refractivity contribution in [3.05, 3.63) is 52.5 Å². The van der Waals surface area contributed by atoms with Crippen LogP contribution in [0.3, 0.4) is 0 Å². The number of ether oxygens (including phenoxy) is 1. The molecule has 10 nitrogen and oxygen atoms in total. The van der Waals surface area contributed by atoms with Crippen molar-refractivity contribution >= 4 is 50.5 Å². The Morgan fingerprint density at radius 2 is 1.36 bits per heavy atom. The molecule has 1 aromatic heterocycles. The second-order valence-electron chi connectivity index (χ2n) is 11.8. The zero-order valence-corrected chi connectivity index (χ0v) is 28.1. The first-order valence-electron chi connectivity index (χ1n) is 14.5. The Hall–Kier alpha value is -4.07. The van der Waals surface area contributed by atoms with Crippen LogP contribution in [0.15, 0.2) is 46.9 Å². The molecular weight excluding hydrogens is 761 g/mol. The van der Waals surface area contributed by atoms with Gasteiger partial charge in [-0.25, -0.2) is 14.6 Å². The van der Waals surface area contributed by atoms with Gasteiger partial charge in [0.15, 0.2) is 0 Å². The van der Waals surface area contributed by atoms with Crippen LogP contribution < -0.4 is 20.7 Å². The fourth-order valence-corrected chi connectivity index (χ4v) is 4.70. The summed E-state index contributed by atoms with van der Waals surface area (Å²) >= 11 is 3.21. The average Bonchev–Trinajstić information content (AvgIpc) is 2.96. The maximum atomic E-state index is 12.8. The molecule has 278 valence electrons. The van der Waals surface area contributed by atoms with Crippen LogP contribution in [0.5, 0.6) is 5.75 Å². The van der Waals surface area contributed by atoms with Gasteiger partial charge in [-0.3, -0.25) is 0 Å². The zero-order chi connectivity index (χ0) is 38.1. The Bertz CT molecular complexity index is 1570. The fraction of sp³-hybridized carbons (Fsp3) is 0.467. The number of fused-ring (bicyclic) bond motifs is 1. The summed E-state index contributed by atoms with van der Waals surface area (Å²) in [5.74, 6) is -4.30. The third kappa shape index (κ3) is 15.2. The SMILES string of the molecule is CC(C)(C)Nc1nc(N[C@H]2CC[C@@H](NCc3ccc(Br)cc3OC(F)(F)F)CC2)nc2ccccc12.O=C(O)C(F)(F)F.O=C(O)C(F)(F)F. The Balaban J connectivity index is 0.000000521. The highest BCUT2D eigenvalue weighted by Crippen LogP contribution is 2.31. The van der Waals surface area contributed by atoms with Crippen molar-refractivity contribution in [2.24, 2.45) is 0 Å². The highest BCUT2D eigenvalue weighted by Gasteiger charge is 2.39. The quantitative estimate of drug-likeness (QED) is 0.148. The van der Waals surface area contributed by atoms with Crippen LogP contribution >= 0.6 is 15.9 Å². The molecule has 0 radical (unpaired) electrons. The number of halogens is 10. The third-order valence-corrected chi connectivity index (χ3v) is 6.97. The molecule has 0 atom stereocenters. The van der Waals surface area contributed by atoms with E-state index in [1.165, 1.54) is 6.07 Å². The third-order valence-electron chi connectivity index (χ3n) is 6.48. The first-order chi connectivity index (χ1) is 22.8. The predicted molar refractivity (Wildman–Crippen MR) is 168 cm³/mol. The Morgan fingerprint density at radius 3 is 1.86 bits per heavy atom. The number of rotatable bonds is 7. The Morgan fingerprint density at radius 1 is 0.840 bits per heavy atom. The molecule has 0 unspecified atom stereocenters. The van der Waals surface area contributed by atoms with Crippen molar-refractivity contribution in [2.75, 3.05) is 10.6 Å². The second-order valence-corrected chi connectivity index (χ2v) is 12.7. The van der Waals surface area contributed by atoms with Crippen molar-refractivity contribution in [2.45, 2.75) is 89.3 Å². The second kappa shape index (κ2) is 17.2. The Labute approximate surface area is 287 Å². The normalized spacial score (nSPS) is 16.7. The van der Waals surface area contributed by atoms with E-state index in [1.54, 1.807) is 12.1 Å². The molecule has 1 fully saturated rings. The van der Waals surface area contributed by atoms with E-state index in [0.717, 1.165) is 42.4 Å². The largest absolute Gasteiger partial charge is 0.573 e. The molecule has 0 aliphatic heterocycles. The van der Waals surface area contributed by atoms with E-state index in [2.05, 4.69) is 57.4 Å². The minimum absolute atomic E-state index is 0.141. The summed E-state index contributed by atoms with van der Waals surface area (Å²) in [7, 11) is 0. The molecule has 5 N–H and O–H groups in total.